The summed E-state index contributed by atoms with van der Waals surface area (Å²) in [6.45, 7) is 7.56. The fraction of sp³-hybridized carbons (Fsp3) is 0.786. The second kappa shape index (κ2) is 6.90. The zero-order valence-electron chi connectivity index (χ0n) is 12.1. The number of nitrogens with zero attached hydrogens (tertiary/aromatic N) is 2. The number of aryl methyl sites for hydroxylation is 1. The first-order valence-electron chi connectivity index (χ1n) is 6.93. The van der Waals surface area contributed by atoms with Gasteiger partial charge in [0.2, 0.25) is 0 Å². The summed E-state index contributed by atoms with van der Waals surface area (Å²) in [5.41, 5.74) is 1.23. The van der Waals surface area contributed by atoms with Gasteiger partial charge in [-0.3, -0.25) is 4.68 Å². The lowest BCUT2D eigenvalue weighted by Gasteiger charge is -2.31. The van der Waals surface area contributed by atoms with Gasteiger partial charge in [-0.05, 0) is 19.3 Å². The third-order valence-electron chi connectivity index (χ3n) is 4.09. The van der Waals surface area contributed by atoms with Crippen molar-refractivity contribution in [2.24, 2.45) is 12.5 Å². The van der Waals surface area contributed by atoms with Crippen molar-refractivity contribution in [3.05, 3.63) is 18.0 Å². The van der Waals surface area contributed by atoms with Gasteiger partial charge in [0, 0.05) is 43.4 Å². The quantitative estimate of drug-likeness (QED) is 0.747. The molecule has 0 saturated carbocycles. The van der Waals surface area contributed by atoms with Gasteiger partial charge in [0.15, 0.2) is 0 Å². The normalized spacial score (nSPS) is 13.8. The molecule has 0 radical (unpaired) electrons. The van der Waals surface area contributed by atoms with Crippen molar-refractivity contribution in [2.75, 3.05) is 13.2 Å². The van der Waals surface area contributed by atoms with E-state index < -0.39 is 0 Å². The van der Waals surface area contributed by atoms with Crippen LogP contribution in [0.15, 0.2) is 12.4 Å². The molecule has 0 aliphatic carbocycles. The van der Waals surface area contributed by atoms with Gasteiger partial charge in [0.25, 0.3) is 0 Å². The Morgan fingerprint density at radius 1 is 1.39 bits per heavy atom. The molecular weight excluding hydrogens is 226 g/mol. The number of hydrogen-bond donors (Lipinski definition) is 2. The summed E-state index contributed by atoms with van der Waals surface area (Å²) < 4.78 is 1.83. The second-order valence-electron chi connectivity index (χ2n) is 5.15. The third kappa shape index (κ3) is 3.56. The van der Waals surface area contributed by atoms with Crippen LogP contribution < -0.4 is 5.32 Å². The fourth-order valence-corrected chi connectivity index (χ4v) is 2.24. The fourth-order valence-electron chi connectivity index (χ4n) is 2.24. The van der Waals surface area contributed by atoms with E-state index in [0.717, 1.165) is 25.8 Å². The lowest BCUT2D eigenvalue weighted by atomic mass is 9.83. The topological polar surface area (TPSA) is 50.1 Å². The van der Waals surface area contributed by atoms with Crippen LogP contribution in [0.5, 0.6) is 0 Å². The van der Waals surface area contributed by atoms with Gasteiger partial charge in [-0.25, -0.2) is 0 Å². The van der Waals surface area contributed by atoms with E-state index in [0.29, 0.717) is 6.04 Å². The summed E-state index contributed by atoms with van der Waals surface area (Å²) in [5, 5.41) is 17.4. The van der Waals surface area contributed by atoms with E-state index in [9.17, 15) is 5.11 Å². The molecule has 1 unspecified atom stereocenters. The van der Waals surface area contributed by atoms with Crippen molar-refractivity contribution >= 4 is 0 Å². The molecule has 1 aromatic rings. The second-order valence-corrected chi connectivity index (χ2v) is 5.15. The Morgan fingerprint density at radius 2 is 2.06 bits per heavy atom. The highest BCUT2D eigenvalue weighted by Crippen LogP contribution is 2.26. The molecule has 1 heterocycles. The van der Waals surface area contributed by atoms with Crippen molar-refractivity contribution in [2.45, 2.75) is 46.1 Å². The Hall–Kier alpha value is -0.870. The highest BCUT2D eigenvalue weighted by molar-refractivity contribution is 5.10. The molecule has 18 heavy (non-hydrogen) atoms. The zero-order chi connectivity index (χ0) is 13.6. The molecule has 0 fully saturated rings. The standard InChI is InChI=1S/C14H27N3O/c1-5-13(12-8-16-17(4)9-12)15-10-14(6-2,7-3)11-18/h8-9,13,15,18H,5-7,10-11H2,1-4H3. The number of hydrogen-bond acceptors (Lipinski definition) is 3. The van der Waals surface area contributed by atoms with Gasteiger partial charge in [-0.15, -0.1) is 0 Å². The summed E-state index contributed by atoms with van der Waals surface area (Å²) in [7, 11) is 1.94. The maximum Gasteiger partial charge on any atom is 0.0537 e. The van der Waals surface area contributed by atoms with Crippen molar-refractivity contribution in [1.29, 1.82) is 0 Å². The Morgan fingerprint density at radius 3 is 2.44 bits per heavy atom. The van der Waals surface area contributed by atoms with E-state index >= 15 is 0 Å². The molecule has 0 aliphatic heterocycles. The Kier molecular flexibility index (Phi) is 5.82. The molecule has 1 rings (SSSR count). The van der Waals surface area contributed by atoms with Crippen LogP contribution in [0.2, 0.25) is 0 Å². The molecule has 0 saturated heterocycles. The van der Waals surface area contributed by atoms with Gasteiger partial charge in [-0.1, -0.05) is 20.8 Å². The van der Waals surface area contributed by atoms with Crippen molar-refractivity contribution in [3.8, 4) is 0 Å². The first-order valence-corrected chi connectivity index (χ1v) is 6.93. The van der Waals surface area contributed by atoms with E-state index in [2.05, 4.69) is 37.4 Å². The van der Waals surface area contributed by atoms with Crippen LogP contribution in [-0.2, 0) is 7.05 Å². The van der Waals surface area contributed by atoms with Crippen molar-refractivity contribution in [3.63, 3.8) is 0 Å². The van der Waals surface area contributed by atoms with E-state index in [1.54, 1.807) is 0 Å². The summed E-state index contributed by atoms with van der Waals surface area (Å²) in [5.74, 6) is 0. The summed E-state index contributed by atoms with van der Waals surface area (Å²) in [4.78, 5) is 0. The number of aliphatic hydroxyl groups excluding tert-OH is 1. The Labute approximate surface area is 110 Å². The smallest absolute Gasteiger partial charge is 0.0537 e. The Bertz CT molecular complexity index is 336. The predicted molar refractivity (Wildman–Crippen MR) is 74.3 cm³/mol. The molecule has 0 aromatic carbocycles. The monoisotopic (exact) mass is 253 g/mol. The lowest BCUT2D eigenvalue weighted by Crippen LogP contribution is -2.38. The SMILES string of the molecule is CCC(NCC(CC)(CC)CO)c1cnn(C)c1. The van der Waals surface area contributed by atoms with E-state index in [-0.39, 0.29) is 12.0 Å². The molecule has 2 N–H and O–H groups in total. The maximum absolute atomic E-state index is 9.58. The minimum Gasteiger partial charge on any atom is -0.396 e. The van der Waals surface area contributed by atoms with Crippen LogP contribution in [0.3, 0.4) is 0 Å². The summed E-state index contributed by atoms with van der Waals surface area (Å²) in [6, 6.07) is 0.322. The van der Waals surface area contributed by atoms with Crippen LogP contribution in [0.4, 0.5) is 0 Å². The van der Waals surface area contributed by atoms with Crippen LogP contribution >= 0.6 is 0 Å². The van der Waals surface area contributed by atoms with Gasteiger partial charge in [-0.2, -0.15) is 5.10 Å². The van der Waals surface area contributed by atoms with E-state index in [4.69, 9.17) is 0 Å². The number of rotatable bonds is 8. The summed E-state index contributed by atoms with van der Waals surface area (Å²) >= 11 is 0. The van der Waals surface area contributed by atoms with Gasteiger partial charge in [0.05, 0.1) is 6.20 Å². The zero-order valence-corrected chi connectivity index (χ0v) is 12.1. The van der Waals surface area contributed by atoms with Crippen LogP contribution in [0.1, 0.15) is 51.6 Å². The predicted octanol–water partition coefficient (Wildman–Crippen LogP) is 2.26. The molecular formula is C14H27N3O. The highest BCUT2D eigenvalue weighted by Gasteiger charge is 2.26. The lowest BCUT2D eigenvalue weighted by molar-refractivity contribution is 0.109. The van der Waals surface area contributed by atoms with Gasteiger partial charge >= 0.3 is 0 Å². The number of aromatic nitrogens is 2. The summed E-state index contributed by atoms with van der Waals surface area (Å²) in [6.07, 6.45) is 6.99. The molecule has 0 spiro atoms. The van der Waals surface area contributed by atoms with Gasteiger partial charge < -0.3 is 10.4 Å². The van der Waals surface area contributed by atoms with Gasteiger partial charge in [0.1, 0.15) is 0 Å². The molecule has 0 aliphatic rings. The minimum atomic E-state index is 0.00955. The number of aliphatic hydroxyl groups is 1. The average molecular weight is 253 g/mol. The first-order chi connectivity index (χ1) is 8.60. The molecule has 1 aromatic heterocycles. The Balaban J connectivity index is 2.64. The van der Waals surface area contributed by atoms with Crippen LogP contribution in [0, 0.1) is 5.41 Å². The molecule has 4 heteroatoms. The molecule has 4 nitrogen and oxygen atoms in total. The first kappa shape index (κ1) is 15.2. The van der Waals surface area contributed by atoms with Crippen molar-refractivity contribution < 1.29 is 5.11 Å². The molecule has 104 valence electrons. The average Bonchev–Trinajstić information content (AvgIpc) is 2.82. The van der Waals surface area contributed by atoms with E-state index in [1.807, 2.05) is 17.9 Å². The highest BCUT2D eigenvalue weighted by atomic mass is 16.3. The maximum atomic E-state index is 9.58. The molecule has 0 bridgehead atoms. The number of nitrogens with one attached hydrogen (secondary N) is 1. The van der Waals surface area contributed by atoms with E-state index in [1.165, 1.54) is 5.56 Å². The van der Waals surface area contributed by atoms with Crippen molar-refractivity contribution in [1.82, 2.24) is 15.1 Å². The third-order valence-corrected chi connectivity index (χ3v) is 4.09. The minimum absolute atomic E-state index is 0.00955. The molecule has 1 atom stereocenters. The van der Waals surface area contributed by atoms with Crippen LogP contribution in [-0.4, -0.2) is 28.0 Å². The molecule has 0 amide bonds. The largest absolute Gasteiger partial charge is 0.396 e. The van der Waals surface area contributed by atoms with Crippen LogP contribution in [0.25, 0.3) is 0 Å².